The van der Waals surface area contributed by atoms with Crippen molar-refractivity contribution in [2.45, 2.75) is 10.8 Å². The minimum absolute atomic E-state index is 0.512. The van der Waals surface area contributed by atoms with Gasteiger partial charge in [0.15, 0.2) is 5.82 Å². The number of tetrazole rings is 1. The van der Waals surface area contributed by atoms with E-state index in [1.807, 2.05) is 30.3 Å². The minimum Gasteiger partial charge on any atom is -0.247 e. The van der Waals surface area contributed by atoms with E-state index in [1.165, 1.54) is 11.8 Å². The fourth-order valence-electron chi connectivity index (χ4n) is 1.71. The van der Waals surface area contributed by atoms with Gasteiger partial charge >= 0.3 is 0 Å². The Balaban J connectivity index is 1.79. The summed E-state index contributed by atoms with van der Waals surface area (Å²) in [5.41, 5.74) is 0.910. The molecule has 0 atom stereocenters. The third-order valence-corrected chi connectivity index (χ3v) is 4.26. The van der Waals surface area contributed by atoms with Crippen LogP contribution in [0.1, 0.15) is 5.82 Å². The van der Waals surface area contributed by atoms with Crippen LogP contribution in [0.4, 0.5) is 0 Å². The summed E-state index contributed by atoms with van der Waals surface area (Å²) in [6, 6.07) is 11.4. The highest BCUT2D eigenvalue weighted by Gasteiger charge is 2.11. The van der Waals surface area contributed by atoms with Crippen molar-refractivity contribution in [2.24, 2.45) is 0 Å². The summed E-state index contributed by atoms with van der Waals surface area (Å²) >= 11 is 13.4. The average Bonchev–Trinajstić information content (AvgIpc) is 2.96. The molecule has 0 amide bonds. The number of benzene rings is 1. The first-order chi connectivity index (χ1) is 10.2. The molecule has 0 aliphatic rings. The van der Waals surface area contributed by atoms with Crippen LogP contribution in [0.5, 0.6) is 0 Å². The quantitative estimate of drug-likeness (QED) is 0.680. The summed E-state index contributed by atoms with van der Waals surface area (Å²) in [6.45, 7) is 0. The Morgan fingerprint density at radius 1 is 1.14 bits per heavy atom. The van der Waals surface area contributed by atoms with Crippen molar-refractivity contribution < 1.29 is 0 Å². The fraction of sp³-hybridized carbons (Fsp3) is 0.0769. The molecule has 8 heteroatoms. The Labute approximate surface area is 135 Å². The molecule has 0 fully saturated rings. The smallest absolute Gasteiger partial charge is 0.166 e. The first-order valence-electron chi connectivity index (χ1n) is 6.00. The average molecular weight is 338 g/mol. The molecule has 0 radical (unpaired) electrons. The predicted octanol–water partition coefficient (Wildman–Crippen LogP) is 3.66. The Morgan fingerprint density at radius 3 is 2.71 bits per heavy atom. The summed E-state index contributed by atoms with van der Waals surface area (Å²) in [5, 5.41) is 13.5. The van der Waals surface area contributed by atoms with E-state index in [4.69, 9.17) is 23.2 Å². The first kappa shape index (κ1) is 14.3. The van der Waals surface area contributed by atoms with E-state index >= 15 is 0 Å². The van der Waals surface area contributed by atoms with Gasteiger partial charge in [0.25, 0.3) is 0 Å². The summed E-state index contributed by atoms with van der Waals surface area (Å²) in [6.07, 6.45) is 1.57. The second-order valence-corrected chi connectivity index (χ2v) is 5.88. The Hall–Kier alpha value is -1.63. The number of pyridine rings is 1. The molecule has 5 nitrogen and oxygen atoms in total. The molecule has 0 aliphatic carbocycles. The van der Waals surface area contributed by atoms with Gasteiger partial charge in [0.1, 0.15) is 5.03 Å². The molecule has 0 unspecified atom stereocenters. The number of rotatable bonds is 4. The first-order valence-corrected chi connectivity index (χ1v) is 7.75. The molecular formula is C13H9Cl2N5S. The van der Waals surface area contributed by atoms with Crippen LogP contribution in [-0.4, -0.2) is 25.2 Å². The predicted molar refractivity (Wildman–Crippen MR) is 83.0 cm³/mol. The molecule has 2 aromatic heterocycles. The van der Waals surface area contributed by atoms with Gasteiger partial charge < -0.3 is 0 Å². The van der Waals surface area contributed by atoms with Crippen molar-refractivity contribution in [3.63, 3.8) is 0 Å². The zero-order valence-electron chi connectivity index (χ0n) is 10.6. The molecule has 0 saturated carbocycles. The van der Waals surface area contributed by atoms with Gasteiger partial charge in [-0.2, -0.15) is 4.68 Å². The molecule has 3 rings (SSSR count). The van der Waals surface area contributed by atoms with E-state index in [0.717, 1.165) is 11.5 Å². The van der Waals surface area contributed by atoms with Crippen molar-refractivity contribution in [2.75, 3.05) is 0 Å². The molecule has 0 aliphatic heterocycles. The van der Waals surface area contributed by atoms with Crippen LogP contribution >= 0.6 is 35.0 Å². The van der Waals surface area contributed by atoms with Gasteiger partial charge in [0.05, 0.1) is 21.5 Å². The Kier molecular flexibility index (Phi) is 4.38. The third kappa shape index (κ3) is 3.34. The lowest BCUT2D eigenvalue weighted by molar-refractivity contribution is 0.777. The van der Waals surface area contributed by atoms with E-state index in [9.17, 15) is 0 Å². The molecule has 106 valence electrons. The van der Waals surface area contributed by atoms with Crippen molar-refractivity contribution in [1.82, 2.24) is 25.2 Å². The lowest BCUT2D eigenvalue weighted by atomic mass is 10.3. The van der Waals surface area contributed by atoms with Crippen molar-refractivity contribution in [1.29, 1.82) is 0 Å². The summed E-state index contributed by atoms with van der Waals surface area (Å²) in [7, 11) is 0. The summed E-state index contributed by atoms with van der Waals surface area (Å²) < 4.78 is 1.69. The van der Waals surface area contributed by atoms with Crippen molar-refractivity contribution >= 4 is 35.0 Å². The highest BCUT2D eigenvalue weighted by atomic mass is 35.5. The normalized spacial score (nSPS) is 10.8. The van der Waals surface area contributed by atoms with E-state index in [1.54, 1.807) is 16.9 Å². The van der Waals surface area contributed by atoms with Gasteiger partial charge in [0.2, 0.25) is 0 Å². The highest BCUT2D eigenvalue weighted by Crippen LogP contribution is 2.29. The largest absolute Gasteiger partial charge is 0.247 e. The topological polar surface area (TPSA) is 56.5 Å². The van der Waals surface area contributed by atoms with Gasteiger partial charge in [-0.3, -0.25) is 0 Å². The maximum absolute atomic E-state index is 6.10. The SMILES string of the molecule is Clc1cnc(SCc2nnnn2-c2ccccc2)c(Cl)c1. The number of aromatic nitrogens is 5. The molecule has 0 saturated heterocycles. The highest BCUT2D eigenvalue weighted by molar-refractivity contribution is 7.98. The van der Waals surface area contributed by atoms with Crippen LogP contribution in [-0.2, 0) is 5.75 Å². The zero-order valence-corrected chi connectivity index (χ0v) is 13.0. The fourth-order valence-corrected chi connectivity index (χ4v) is 3.02. The Bertz CT molecular complexity index is 747. The monoisotopic (exact) mass is 337 g/mol. The van der Waals surface area contributed by atoms with Crippen LogP contribution in [0, 0.1) is 0 Å². The molecule has 0 bridgehead atoms. The van der Waals surface area contributed by atoms with Gasteiger partial charge in [-0.05, 0) is 28.6 Å². The van der Waals surface area contributed by atoms with Crippen LogP contribution in [0.2, 0.25) is 10.0 Å². The number of hydrogen-bond acceptors (Lipinski definition) is 5. The second kappa shape index (κ2) is 6.43. The van der Waals surface area contributed by atoms with Gasteiger partial charge in [-0.1, -0.05) is 53.2 Å². The van der Waals surface area contributed by atoms with Crippen LogP contribution < -0.4 is 0 Å². The summed E-state index contributed by atoms with van der Waals surface area (Å²) in [5.74, 6) is 1.27. The van der Waals surface area contributed by atoms with E-state index in [-0.39, 0.29) is 0 Å². The second-order valence-electron chi connectivity index (χ2n) is 4.07. The standard InChI is InChI=1S/C13H9Cl2N5S/c14-9-6-11(15)13(16-7-9)21-8-12-17-18-19-20(12)10-4-2-1-3-5-10/h1-7H,8H2. The van der Waals surface area contributed by atoms with E-state index in [0.29, 0.717) is 20.8 Å². The third-order valence-electron chi connectivity index (χ3n) is 2.65. The molecule has 3 aromatic rings. The Morgan fingerprint density at radius 2 is 1.95 bits per heavy atom. The zero-order chi connectivity index (χ0) is 14.7. The molecule has 2 heterocycles. The van der Waals surface area contributed by atoms with Crippen molar-refractivity contribution in [3.05, 3.63) is 58.5 Å². The van der Waals surface area contributed by atoms with Gasteiger partial charge in [-0.25, -0.2) is 4.98 Å². The number of para-hydroxylation sites is 1. The minimum atomic E-state index is 0.512. The van der Waals surface area contributed by atoms with Gasteiger partial charge in [0, 0.05) is 6.20 Å². The number of thioether (sulfide) groups is 1. The number of hydrogen-bond donors (Lipinski definition) is 0. The maximum atomic E-state index is 6.10. The number of nitrogens with zero attached hydrogens (tertiary/aromatic N) is 5. The van der Waals surface area contributed by atoms with Gasteiger partial charge in [-0.15, -0.1) is 5.10 Å². The molecule has 0 N–H and O–H groups in total. The molecule has 1 aromatic carbocycles. The van der Waals surface area contributed by atoms with Crippen LogP contribution in [0.15, 0.2) is 47.6 Å². The summed E-state index contributed by atoms with van der Waals surface area (Å²) in [4.78, 5) is 4.20. The molecular weight excluding hydrogens is 329 g/mol. The van der Waals surface area contributed by atoms with E-state index < -0.39 is 0 Å². The molecule has 0 spiro atoms. The van der Waals surface area contributed by atoms with Crippen LogP contribution in [0.3, 0.4) is 0 Å². The lowest BCUT2D eigenvalue weighted by Gasteiger charge is -2.05. The molecule has 21 heavy (non-hydrogen) atoms. The maximum Gasteiger partial charge on any atom is 0.166 e. The lowest BCUT2D eigenvalue weighted by Crippen LogP contribution is -2.02. The van der Waals surface area contributed by atoms with Crippen molar-refractivity contribution in [3.8, 4) is 5.69 Å². The number of halogens is 2. The van der Waals surface area contributed by atoms with Crippen LogP contribution in [0.25, 0.3) is 5.69 Å². The van der Waals surface area contributed by atoms with E-state index in [2.05, 4.69) is 20.5 Å².